The molecule has 0 aliphatic rings. The lowest BCUT2D eigenvalue weighted by Crippen LogP contribution is -2.17. The van der Waals surface area contributed by atoms with Crippen LogP contribution in [0.2, 0.25) is 5.02 Å². The molecule has 2 aromatic rings. The van der Waals surface area contributed by atoms with Crippen LogP contribution in [0.15, 0.2) is 33.2 Å². The number of ketones is 1. The Morgan fingerprint density at radius 2 is 2.08 bits per heavy atom. The fourth-order valence-electron chi connectivity index (χ4n) is 2.05. The molecule has 1 unspecified atom stereocenters. The molecule has 0 aliphatic carbocycles. The van der Waals surface area contributed by atoms with Crippen LogP contribution in [-0.2, 0) is 0 Å². The first-order valence-electron chi connectivity index (χ1n) is 6.91. The van der Waals surface area contributed by atoms with E-state index in [-0.39, 0.29) is 16.1 Å². The van der Waals surface area contributed by atoms with Gasteiger partial charge in [-0.15, -0.1) is 0 Å². The van der Waals surface area contributed by atoms with E-state index in [4.69, 9.17) is 17.3 Å². The van der Waals surface area contributed by atoms with E-state index < -0.39 is 17.7 Å². The first-order valence-corrected chi connectivity index (χ1v) is 8.88. The third-order valence-electron chi connectivity index (χ3n) is 3.24. The number of anilines is 2. The van der Waals surface area contributed by atoms with E-state index in [1.165, 1.54) is 12.1 Å². The highest BCUT2D eigenvalue weighted by Gasteiger charge is 2.22. The summed E-state index contributed by atoms with van der Waals surface area (Å²) < 4.78 is 14.3. The molecule has 0 heterocycles. The zero-order valence-electron chi connectivity index (χ0n) is 12.5. The van der Waals surface area contributed by atoms with Gasteiger partial charge in [-0.05, 0) is 63.0 Å². The van der Waals surface area contributed by atoms with Crippen molar-refractivity contribution in [3.05, 3.63) is 55.2 Å². The summed E-state index contributed by atoms with van der Waals surface area (Å²) >= 11 is 12.7. The fraction of sp³-hybridized carbons (Fsp3) is 0.188. The number of nitrogen functional groups attached to an aromatic ring is 1. The van der Waals surface area contributed by atoms with Crippen LogP contribution in [-0.4, -0.2) is 23.5 Å². The monoisotopic (exact) mass is 478 g/mol. The number of benzene rings is 2. The third kappa shape index (κ3) is 4.08. The van der Waals surface area contributed by atoms with Crippen LogP contribution in [0.4, 0.5) is 15.8 Å². The van der Waals surface area contributed by atoms with Crippen molar-refractivity contribution in [2.45, 2.75) is 13.0 Å². The minimum Gasteiger partial charge on any atom is -0.396 e. The second-order valence-corrected chi connectivity index (χ2v) is 7.25. The van der Waals surface area contributed by atoms with Crippen molar-refractivity contribution in [1.29, 1.82) is 0 Å². The maximum Gasteiger partial charge on any atom is 0.196 e. The van der Waals surface area contributed by atoms with Crippen molar-refractivity contribution in [2.75, 3.05) is 17.6 Å². The SMILES string of the molecule is CC(O)CNc1cc(Br)c(C(=O)c2cc(F)ccc2Cl)c(Br)c1N. The fourth-order valence-corrected chi connectivity index (χ4v) is 3.74. The summed E-state index contributed by atoms with van der Waals surface area (Å²) in [6.45, 7) is 1.93. The normalized spacial score (nSPS) is 12.1. The van der Waals surface area contributed by atoms with Crippen LogP contribution in [0.3, 0.4) is 0 Å². The molecule has 0 bridgehead atoms. The number of hydrogen-bond donors (Lipinski definition) is 3. The molecule has 0 amide bonds. The number of carbonyl (C=O) groups is 1. The number of halogens is 4. The van der Waals surface area contributed by atoms with Crippen LogP contribution in [0.1, 0.15) is 22.8 Å². The van der Waals surface area contributed by atoms with Crippen LogP contribution < -0.4 is 11.1 Å². The summed E-state index contributed by atoms with van der Waals surface area (Å²) in [5.74, 6) is -1.02. The molecule has 0 saturated heterocycles. The number of aliphatic hydroxyl groups is 1. The van der Waals surface area contributed by atoms with Gasteiger partial charge in [0.2, 0.25) is 0 Å². The summed E-state index contributed by atoms with van der Waals surface area (Å²) in [7, 11) is 0. The van der Waals surface area contributed by atoms with E-state index >= 15 is 0 Å². The van der Waals surface area contributed by atoms with Gasteiger partial charge in [0.05, 0.1) is 32.5 Å². The van der Waals surface area contributed by atoms with Crippen molar-refractivity contribution in [1.82, 2.24) is 0 Å². The summed E-state index contributed by atoms with van der Waals surface area (Å²) in [6, 6.07) is 5.22. The molecule has 128 valence electrons. The van der Waals surface area contributed by atoms with Crippen LogP contribution in [0, 0.1) is 5.82 Å². The van der Waals surface area contributed by atoms with Crippen LogP contribution in [0.5, 0.6) is 0 Å². The van der Waals surface area contributed by atoms with Gasteiger partial charge in [-0.2, -0.15) is 0 Å². The highest BCUT2D eigenvalue weighted by Crippen LogP contribution is 2.38. The van der Waals surface area contributed by atoms with Crippen LogP contribution >= 0.6 is 43.5 Å². The summed E-state index contributed by atoms with van der Waals surface area (Å²) in [4.78, 5) is 12.8. The molecule has 0 saturated carbocycles. The van der Waals surface area contributed by atoms with Gasteiger partial charge in [0, 0.05) is 16.6 Å². The summed E-state index contributed by atoms with van der Waals surface area (Å²) in [5.41, 5.74) is 7.19. The molecule has 0 aromatic heterocycles. The maximum absolute atomic E-state index is 13.5. The zero-order valence-corrected chi connectivity index (χ0v) is 16.5. The highest BCUT2D eigenvalue weighted by molar-refractivity contribution is 9.11. The largest absolute Gasteiger partial charge is 0.396 e. The lowest BCUT2D eigenvalue weighted by molar-refractivity contribution is 0.103. The van der Waals surface area contributed by atoms with Gasteiger partial charge in [0.25, 0.3) is 0 Å². The number of rotatable bonds is 5. The van der Waals surface area contributed by atoms with Gasteiger partial charge in [-0.3, -0.25) is 4.79 Å². The minimum absolute atomic E-state index is 0.0437. The summed E-state index contributed by atoms with van der Waals surface area (Å²) in [6.07, 6.45) is -0.561. The molecule has 0 fully saturated rings. The average Bonchev–Trinajstić information content (AvgIpc) is 2.51. The molecule has 24 heavy (non-hydrogen) atoms. The topological polar surface area (TPSA) is 75.3 Å². The Labute approximate surface area is 160 Å². The molecular formula is C16H14Br2ClFN2O2. The van der Waals surface area contributed by atoms with Gasteiger partial charge in [-0.1, -0.05) is 11.6 Å². The molecule has 0 aliphatic heterocycles. The molecule has 8 heteroatoms. The van der Waals surface area contributed by atoms with E-state index in [2.05, 4.69) is 37.2 Å². The van der Waals surface area contributed by atoms with Crippen molar-refractivity contribution in [2.24, 2.45) is 0 Å². The minimum atomic E-state index is -0.561. The Morgan fingerprint density at radius 3 is 2.71 bits per heavy atom. The second kappa shape index (κ2) is 7.82. The number of nitrogens with two attached hydrogens (primary N) is 1. The highest BCUT2D eigenvalue weighted by atomic mass is 79.9. The predicted octanol–water partition coefficient (Wildman–Crippen LogP) is 4.61. The van der Waals surface area contributed by atoms with E-state index in [9.17, 15) is 14.3 Å². The number of nitrogens with one attached hydrogen (secondary N) is 1. The van der Waals surface area contributed by atoms with Gasteiger partial charge < -0.3 is 16.2 Å². The number of carbonyl (C=O) groups excluding carboxylic acids is 1. The lowest BCUT2D eigenvalue weighted by atomic mass is 10.0. The molecule has 0 spiro atoms. The average molecular weight is 481 g/mol. The van der Waals surface area contributed by atoms with E-state index in [1.54, 1.807) is 13.0 Å². The zero-order chi connectivity index (χ0) is 18.0. The van der Waals surface area contributed by atoms with E-state index in [0.29, 0.717) is 26.9 Å². The third-order valence-corrected chi connectivity index (χ3v) is 5.02. The molecule has 0 radical (unpaired) electrons. The van der Waals surface area contributed by atoms with Crippen molar-refractivity contribution >= 4 is 60.6 Å². The van der Waals surface area contributed by atoms with Gasteiger partial charge in [0.15, 0.2) is 5.78 Å². The standard InChI is InChI=1S/C16H14Br2ClFN2O2/c1-7(23)6-22-12-5-10(17)13(14(18)15(12)21)16(24)9-4-8(20)2-3-11(9)19/h2-5,7,22-23H,6,21H2,1H3. The maximum atomic E-state index is 13.5. The van der Waals surface area contributed by atoms with E-state index in [1.807, 2.05) is 0 Å². The smallest absolute Gasteiger partial charge is 0.196 e. The molecular weight excluding hydrogens is 466 g/mol. The van der Waals surface area contributed by atoms with Crippen molar-refractivity contribution in [3.8, 4) is 0 Å². The van der Waals surface area contributed by atoms with Gasteiger partial charge in [0.1, 0.15) is 5.82 Å². The quantitative estimate of drug-likeness (QED) is 0.432. The second-order valence-electron chi connectivity index (χ2n) is 5.19. The molecule has 2 rings (SSSR count). The predicted molar refractivity (Wildman–Crippen MR) is 101 cm³/mol. The van der Waals surface area contributed by atoms with Crippen molar-refractivity contribution < 1.29 is 14.3 Å². The molecule has 2 aromatic carbocycles. The van der Waals surface area contributed by atoms with Gasteiger partial charge in [-0.25, -0.2) is 4.39 Å². The number of aliphatic hydroxyl groups excluding tert-OH is 1. The van der Waals surface area contributed by atoms with E-state index in [0.717, 1.165) is 6.07 Å². The molecule has 4 N–H and O–H groups in total. The lowest BCUT2D eigenvalue weighted by Gasteiger charge is -2.16. The molecule has 4 nitrogen and oxygen atoms in total. The first-order chi connectivity index (χ1) is 11.2. The Hall–Kier alpha value is -1.15. The Kier molecular flexibility index (Phi) is 6.25. The number of hydrogen-bond acceptors (Lipinski definition) is 4. The Morgan fingerprint density at radius 1 is 1.42 bits per heavy atom. The first kappa shape index (κ1) is 19.2. The van der Waals surface area contributed by atoms with Gasteiger partial charge >= 0.3 is 0 Å². The Balaban J connectivity index is 2.49. The molecule has 1 atom stereocenters. The van der Waals surface area contributed by atoms with Crippen molar-refractivity contribution in [3.63, 3.8) is 0 Å². The Bertz CT molecular complexity index is 800. The summed E-state index contributed by atoms with van der Waals surface area (Å²) in [5, 5.41) is 12.5. The van der Waals surface area contributed by atoms with Crippen LogP contribution in [0.25, 0.3) is 0 Å².